The number of unbranched alkanes of at least 4 members (excludes halogenated alkanes) is 14. The zero-order valence-electron chi connectivity index (χ0n) is 22.0. The zero-order valence-corrected chi connectivity index (χ0v) is 22.8. The van der Waals surface area contributed by atoms with Crippen LogP contribution in [0.2, 0.25) is 0 Å². The fourth-order valence-electron chi connectivity index (χ4n) is 4.73. The number of rotatable bonds is 22. The summed E-state index contributed by atoms with van der Waals surface area (Å²) in [5, 5.41) is 0. The summed E-state index contributed by atoms with van der Waals surface area (Å²) in [5.74, 6) is -0.270. The molecule has 0 aliphatic heterocycles. The van der Waals surface area contributed by atoms with Gasteiger partial charge in [-0.1, -0.05) is 134 Å². The first-order valence-electron chi connectivity index (χ1n) is 13.7. The molecule has 0 aliphatic carbocycles. The number of allylic oxidation sites excluding steroid dienone is 1. The Balaban J connectivity index is 2.23. The molecule has 0 spiro atoms. The van der Waals surface area contributed by atoms with Gasteiger partial charge < -0.3 is 4.90 Å². The molecule has 1 atom stereocenters. The molecule has 0 heterocycles. The molecule has 1 aromatic carbocycles. The van der Waals surface area contributed by atoms with Crippen molar-refractivity contribution >= 4 is 10.1 Å². The first kappa shape index (κ1) is 30.7. The van der Waals surface area contributed by atoms with Crippen LogP contribution in [0.3, 0.4) is 0 Å². The highest BCUT2D eigenvalue weighted by molar-refractivity contribution is 7.85. The van der Waals surface area contributed by atoms with Gasteiger partial charge in [0.15, 0.2) is 0 Å². The van der Waals surface area contributed by atoms with Crippen molar-refractivity contribution in [1.29, 1.82) is 0 Å². The van der Waals surface area contributed by atoms with Crippen molar-refractivity contribution in [3.8, 4) is 0 Å². The fraction of sp³-hybridized carbons (Fsp3) is 0.724. The van der Waals surface area contributed by atoms with Crippen LogP contribution in [0.1, 0.15) is 116 Å². The van der Waals surface area contributed by atoms with Crippen molar-refractivity contribution in [3.63, 3.8) is 0 Å². The van der Waals surface area contributed by atoms with E-state index in [-0.39, 0.29) is 11.8 Å². The molecular weight excluding hydrogens is 442 g/mol. The Bertz CT molecular complexity index is 733. The van der Waals surface area contributed by atoms with Gasteiger partial charge in [0.25, 0.3) is 10.1 Å². The summed E-state index contributed by atoms with van der Waals surface area (Å²) < 4.78 is 32.9. The molecule has 0 saturated carbocycles. The number of nitrogens with zero attached hydrogens (tertiary/aromatic N) is 1. The molecule has 0 radical (unpaired) electrons. The smallest absolute Gasteiger partial charge is 0.266 e. The third kappa shape index (κ3) is 16.3. The van der Waals surface area contributed by atoms with Gasteiger partial charge in [0.05, 0.1) is 5.75 Å². The van der Waals surface area contributed by atoms with Crippen LogP contribution in [-0.4, -0.2) is 36.2 Å². The van der Waals surface area contributed by atoms with Crippen LogP contribution >= 0.6 is 0 Å². The largest absolute Gasteiger partial charge is 0.371 e. The third-order valence-electron chi connectivity index (χ3n) is 6.65. The molecule has 0 amide bonds. The van der Waals surface area contributed by atoms with Crippen molar-refractivity contribution in [1.82, 2.24) is 4.90 Å². The molecule has 0 aromatic heterocycles. The van der Waals surface area contributed by atoms with E-state index in [0.717, 1.165) is 30.6 Å². The zero-order chi connectivity index (χ0) is 25.1. The summed E-state index contributed by atoms with van der Waals surface area (Å²) in [7, 11) is -4.06. The molecule has 34 heavy (non-hydrogen) atoms. The molecule has 0 aliphatic rings. The lowest BCUT2D eigenvalue weighted by molar-refractivity contribution is 0.259. The van der Waals surface area contributed by atoms with Crippen LogP contribution in [0.4, 0.5) is 0 Å². The number of hydrogen-bond acceptors (Lipinski definition) is 3. The molecular formula is C29H51NO3S. The Morgan fingerprint density at radius 1 is 0.824 bits per heavy atom. The lowest BCUT2D eigenvalue weighted by atomic mass is 10.0. The summed E-state index contributed by atoms with van der Waals surface area (Å²) in [6.45, 7) is 9.06. The maximum atomic E-state index is 11.7. The van der Waals surface area contributed by atoms with Crippen LogP contribution in [0.5, 0.6) is 0 Å². The van der Waals surface area contributed by atoms with Crippen molar-refractivity contribution < 1.29 is 13.0 Å². The van der Waals surface area contributed by atoms with E-state index in [1.165, 1.54) is 83.5 Å². The summed E-state index contributed by atoms with van der Waals surface area (Å²) in [5.41, 5.74) is 1.92. The fourth-order valence-corrected chi connectivity index (χ4v) is 5.51. The summed E-state index contributed by atoms with van der Waals surface area (Å²) >= 11 is 0. The Hall–Kier alpha value is -1.33. The first-order chi connectivity index (χ1) is 16.3. The number of benzene rings is 1. The van der Waals surface area contributed by atoms with Gasteiger partial charge in [-0.3, -0.25) is 4.55 Å². The van der Waals surface area contributed by atoms with E-state index in [1.54, 1.807) is 0 Å². The normalized spacial score (nSPS) is 12.6. The van der Waals surface area contributed by atoms with E-state index in [9.17, 15) is 13.0 Å². The molecule has 5 heteroatoms. The van der Waals surface area contributed by atoms with Crippen molar-refractivity contribution in [2.75, 3.05) is 12.3 Å². The molecule has 0 bridgehead atoms. The van der Waals surface area contributed by atoms with E-state index in [0.29, 0.717) is 6.42 Å². The van der Waals surface area contributed by atoms with Gasteiger partial charge in [-0.25, -0.2) is 0 Å². The van der Waals surface area contributed by atoms with Crippen molar-refractivity contribution in [2.24, 2.45) is 0 Å². The molecule has 1 N–H and O–H groups in total. The van der Waals surface area contributed by atoms with Gasteiger partial charge in [0.1, 0.15) is 0 Å². The lowest BCUT2D eigenvalue weighted by Gasteiger charge is -2.33. The van der Waals surface area contributed by atoms with Crippen LogP contribution in [-0.2, 0) is 16.5 Å². The predicted octanol–water partition coefficient (Wildman–Crippen LogP) is 8.19. The Morgan fingerprint density at radius 2 is 1.26 bits per heavy atom. The molecule has 0 saturated heterocycles. The third-order valence-corrected chi connectivity index (χ3v) is 7.46. The minimum atomic E-state index is -4.06. The second kappa shape index (κ2) is 18.9. The monoisotopic (exact) mass is 493 g/mol. The molecule has 1 unspecified atom stereocenters. The van der Waals surface area contributed by atoms with E-state index in [2.05, 4.69) is 18.4 Å². The number of hydrogen-bond donors (Lipinski definition) is 1. The van der Waals surface area contributed by atoms with Gasteiger partial charge in [-0.2, -0.15) is 8.42 Å². The molecule has 1 aromatic rings. The predicted molar refractivity (Wildman–Crippen MR) is 147 cm³/mol. The quantitative estimate of drug-likeness (QED) is 0.131. The van der Waals surface area contributed by atoms with Crippen LogP contribution in [0, 0.1) is 0 Å². The summed E-state index contributed by atoms with van der Waals surface area (Å²) in [6, 6.07) is 9.57. The summed E-state index contributed by atoms with van der Waals surface area (Å²) in [6.07, 6.45) is 20.4. The first-order valence-corrected chi connectivity index (χ1v) is 15.4. The Labute approximate surface area is 211 Å². The van der Waals surface area contributed by atoms with Gasteiger partial charge in [-0.05, 0) is 25.3 Å². The van der Waals surface area contributed by atoms with E-state index < -0.39 is 10.1 Å². The van der Waals surface area contributed by atoms with Gasteiger partial charge >= 0.3 is 0 Å². The van der Waals surface area contributed by atoms with Crippen molar-refractivity contribution in [2.45, 2.75) is 123 Å². The van der Waals surface area contributed by atoms with Crippen molar-refractivity contribution in [3.05, 3.63) is 48.2 Å². The molecule has 196 valence electrons. The molecule has 1 rings (SSSR count). The van der Waals surface area contributed by atoms with E-state index in [4.69, 9.17) is 0 Å². The highest BCUT2D eigenvalue weighted by atomic mass is 32.2. The highest BCUT2D eigenvalue weighted by Crippen LogP contribution is 2.18. The average Bonchev–Trinajstić information content (AvgIpc) is 2.78. The van der Waals surface area contributed by atoms with Gasteiger partial charge in [0.2, 0.25) is 0 Å². The SMILES string of the molecule is C=C(C)N(CCCCCCCCCCCCCCCCC)C(Cc1ccccc1)CS(=O)(=O)O. The van der Waals surface area contributed by atoms with E-state index >= 15 is 0 Å². The van der Waals surface area contributed by atoms with Gasteiger partial charge in [0, 0.05) is 18.3 Å². The maximum absolute atomic E-state index is 11.7. The Morgan fingerprint density at radius 3 is 1.68 bits per heavy atom. The van der Waals surface area contributed by atoms with Crippen LogP contribution < -0.4 is 0 Å². The second-order valence-corrected chi connectivity index (χ2v) is 11.5. The minimum Gasteiger partial charge on any atom is -0.371 e. The average molecular weight is 494 g/mol. The lowest BCUT2D eigenvalue weighted by Crippen LogP contribution is -2.41. The van der Waals surface area contributed by atoms with Crippen LogP contribution in [0.25, 0.3) is 0 Å². The minimum absolute atomic E-state index is 0.270. The maximum Gasteiger partial charge on any atom is 0.266 e. The highest BCUT2D eigenvalue weighted by Gasteiger charge is 2.24. The van der Waals surface area contributed by atoms with Crippen LogP contribution in [0.15, 0.2) is 42.6 Å². The second-order valence-electron chi connectivity index (χ2n) is 9.97. The molecule has 4 nitrogen and oxygen atoms in total. The Kier molecular flexibility index (Phi) is 17.1. The topological polar surface area (TPSA) is 57.6 Å². The molecule has 0 fully saturated rings. The standard InChI is InChI=1S/C29H51NO3S/c1-4-5-6-7-8-9-10-11-12-13-14-15-16-17-21-24-30(27(2)3)29(26-34(31,32)33)25-28-22-19-18-20-23-28/h18-20,22-23,29H,2,4-17,21,24-26H2,1,3H3,(H,31,32,33). The van der Waals surface area contributed by atoms with Gasteiger partial charge in [-0.15, -0.1) is 0 Å². The van der Waals surface area contributed by atoms with E-state index in [1.807, 2.05) is 37.3 Å². The summed E-state index contributed by atoms with van der Waals surface area (Å²) in [4.78, 5) is 2.07.